The lowest BCUT2D eigenvalue weighted by Gasteiger charge is -2.13. The van der Waals surface area contributed by atoms with Gasteiger partial charge in [0.25, 0.3) is 0 Å². The molecule has 0 amide bonds. The Morgan fingerprint density at radius 2 is 1.89 bits per heavy atom. The first-order valence-corrected chi connectivity index (χ1v) is 9.39. The Hall–Kier alpha value is -3.24. The number of hydrogen-bond donors (Lipinski definition) is 1. The first-order valence-electron chi connectivity index (χ1n) is 9.39. The minimum Gasteiger partial charge on any atom is -0.340 e. The van der Waals surface area contributed by atoms with Crippen molar-refractivity contribution in [2.45, 2.75) is 13.0 Å². The van der Waals surface area contributed by atoms with E-state index in [4.69, 9.17) is 0 Å². The summed E-state index contributed by atoms with van der Waals surface area (Å²) in [6.07, 6.45) is 6.66. The lowest BCUT2D eigenvalue weighted by atomic mass is 10.0. The molecule has 1 N–H and O–H groups in total. The summed E-state index contributed by atoms with van der Waals surface area (Å²) >= 11 is 0. The third kappa shape index (κ3) is 4.02. The number of nitrogens with zero attached hydrogens (tertiary/aromatic N) is 3. The fourth-order valence-electron chi connectivity index (χ4n) is 3.35. The molecule has 0 saturated carbocycles. The number of hydrogen-bond acceptors (Lipinski definition) is 4. The summed E-state index contributed by atoms with van der Waals surface area (Å²) in [4.78, 5) is 10.9. The Balaban J connectivity index is 1.52. The molecule has 4 rings (SSSR count). The van der Waals surface area contributed by atoms with Crippen LogP contribution in [-0.4, -0.2) is 30.2 Å². The Labute approximate surface area is 165 Å². The summed E-state index contributed by atoms with van der Waals surface area (Å²) in [6, 6.07) is 17.0. The number of fused-ring (bicyclic) bond motifs is 1. The molecule has 0 bridgehead atoms. The molecule has 1 aliphatic rings. The molecule has 3 aromatic rings. The quantitative estimate of drug-likeness (QED) is 0.650. The van der Waals surface area contributed by atoms with Crippen molar-refractivity contribution in [2.75, 3.05) is 19.4 Å². The first-order chi connectivity index (χ1) is 13.6. The average molecular weight is 368 g/mol. The van der Waals surface area contributed by atoms with Crippen LogP contribution in [0.1, 0.15) is 23.1 Å². The van der Waals surface area contributed by atoms with Crippen LogP contribution in [0.25, 0.3) is 22.0 Å². The van der Waals surface area contributed by atoms with Crippen molar-refractivity contribution in [2.24, 2.45) is 4.99 Å². The van der Waals surface area contributed by atoms with Gasteiger partial charge in [0.05, 0.1) is 0 Å². The summed E-state index contributed by atoms with van der Waals surface area (Å²) in [5.41, 5.74) is 5.63. The molecule has 1 aliphatic heterocycles. The number of nitrogens with one attached hydrogen (secondary N) is 1. The van der Waals surface area contributed by atoms with Crippen molar-refractivity contribution in [1.82, 2.24) is 9.88 Å². The Kier molecular flexibility index (Phi) is 5.04. The number of aliphatic imine (C=N–C) groups is 1. The Morgan fingerprint density at radius 1 is 1.07 bits per heavy atom. The molecule has 0 atom stereocenters. The predicted octanol–water partition coefficient (Wildman–Crippen LogP) is 5.19. The topological polar surface area (TPSA) is 40.5 Å². The monoisotopic (exact) mass is 368 g/mol. The molecular formula is C24H24N4. The average Bonchev–Trinajstić information content (AvgIpc) is 3.22. The van der Waals surface area contributed by atoms with Gasteiger partial charge in [0, 0.05) is 42.7 Å². The van der Waals surface area contributed by atoms with E-state index in [-0.39, 0.29) is 0 Å². The number of rotatable bonds is 6. The lowest BCUT2D eigenvalue weighted by Crippen LogP contribution is -2.10. The van der Waals surface area contributed by atoms with E-state index in [9.17, 15) is 0 Å². The third-order valence-corrected chi connectivity index (χ3v) is 4.82. The molecule has 140 valence electrons. The fraction of sp³-hybridized carbons (Fsp3) is 0.167. The highest BCUT2D eigenvalue weighted by Crippen LogP contribution is 2.26. The van der Waals surface area contributed by atoms with E-state index in [0.29, 0.717) is 0 Å². The van der Waals surface area contributed by atoms with Crippen molar-refractivity contribution in [1.29, 1.82) is 0 Å². The molecule has 0 unspecified atom stereocenters. The smallest absolute Gasteiger partial charge is 0.130 e. The summed E-state index contributed by atoms with van der Waals surface area (Å²) in [7, 11) is 4.14. The van der Waals surface area contributed by atoms with Gasteiger partial charge < -0.3 is 10.2 Å². The fourth-order valence-corrected chi connectivity index (χ4v) is 3.35. The highest BCUT2D eigenvalue weighted by Gasteiger charge is 2.07. The molecule has 4 nitrogen and oxygen atoms in total. The zero-order chi connectivity index (χ0) is 19.5. The van der Waals surface area contributed by atoms with Crippen molar-refractivity contribution in [3.8, 4) is 0 Å². The number of anilines is 1. The third-order valence-electron chi connectivity index (χ3n) is 4.82. The van der Waals surface area contributed by atoms with E-state index in [1.807, 2.05) is 18.6 Å². The summed E-state index contributed by atoms with van der Waals surface area (Å²) in [6.45, 7) is 5.11. The van der Waals surface area contributed by atoms with E-state index >= 15 is 0 Å². The van der Waals surface area contributed by atoms with Crippen LogP contribution < -0.4 is 5.32 Å². The van der Waals surface area contributed by atoms with Crippen LogP contribution in [0.5, 0.6) is 0 Å². The second-order valence-corrected chi connectivity index (χ2v) is 7.36. The molecule has 0 fully saturated rings. The van der Waals surface area contributed by atoms with Gasteiger partial charge in [-0.3, -0.25) is 4.99 Å². The first kappa shape index (κ1) is 18.1. The van der Waals surface area contributed by atoms with Gasteiger partial charge in [-0.2, -0.15) is 0 Å². The second kappa shape index (κ2) is 7.79. The second-order valence-electron chi connectivity index (χ2n) is 7.36. The standard InChI is InChI=1S/C24H24N4/c1-17(19-6-4-18(5-7-19)16-28(2)3)27-24-13-23-12-20(22-10-11-25-14-22)8-9-21(23)15-26-24/h4-9,11-15H,1,10,16H2,2-3H3,(H,26,27). The van der Waals surface area contributed by atoms with Gasteiger partial charge >= 0.3 is 0 Å². The highest BCUT2D eigenvalue weighted by atomic mass is 15.0. The van der Waals surface area contributed by atoms with E-state index in [2.05, 4.69) is 89.4 Å². The molecular weight excluding hydrogens is 344 g/mol. The summed E-state index contributed by atoms with van der Waals surface area (Å²) < 4.78 is 0. The van der Waals surface area contributed by atoms with Gasteiger partial charge in [-0.15, -0.1) is 0 Å². The van der Waals surface area contributed by atoms with E-state index in [1.54, 1.807) is 0 Å². The molecule has 0 radical (unpaired) electrons. The zero-order valence-electron chi connectivity index (χ0n) is 16.3. The molecule has 2 heterocycles. The number of allylic oxidation sites excluding steroid dienone is 1. The van der Waals surface area contributed by atoms with Gasteiger partial charge in [0.15, 0.2) is 0 Å². The van der Waals surface area contributed by atoms with Gasteiger partial charge in [0.2, 0.25) is 0 Å². The molecule has 2 aromatic carbocycles. The van der Waals surface area contributed by atoms with Crippen LogP contribution in [0.15, 0.2) is 72.5 Å². The van der Waals surface area contributed by atoms with Crippen LogP contribution in [-0.2, 0) is 6.54 Å². The molecule has 0 saturated heterocycles. The molecule has 0 spiro atoms. The normalized spacial score (nSPS) is 13.2. The van der Waals surface area contributed by atoms with E-state index < -0.39 is 0 Å². The Morgan fingerprint density at radius 3 is 2.61 bits per heavy atom. The van der Waals surface area contributed by atoms with Gasteiger partial charge in [-0.1, -0.05) is 43.0 Å². The minimum atomic E-state index is 0.795. The summed E-state index contributed by atoms with van der Waals surface area (Å²) in [5.74, 6) is 0.795. The van der Waals surface area contributed by atoms with Crippen LogP contribution in [0.4, 0.5) is 5.82 Å². The van der Waals surface area contributed by atoms with Crippen LogP contribution >= 0.6 is 0 Å². The predicted molar refractivity (Wildman–Crippen MR) is 119 cm³/mol. The van der Waals surface area contributed by atoms with Crippen LogP contribution in [0, 0.1) is 0 Å². The maximum absolute atomic E-state index is 4.54. The van der Waals surface area contributed by atoms with Crippen molar-refractivity contribution in [3.63, 3.8) is 0 Å². The molecule has 28 heavy (non-hydrogen) atoms. The van der Waals surface area contributed by atoms with Crippen molar-refractivity contribution < 1.29 is 0 Å². The summed E-state index contributed by atoms with van der Waals surface area (Å²) in [5, 5.41) is 5.61. The zero-order valence-corrected chi connectivity index (χ0v) is 16.3. The number of pyridine rings is 1. The highest BCUT2D eigenvalue weighted by molar-refractivity contribution is 5.91. The molecule has 0 aliphatic carbocycles. The van der Waals surface area contributed by atoms with Gasteiger partial charge in [-0.25, -0.2) is 4.98 Å². The number of aromatic nitrogens is 1. The Bertz CT molecular complexity index is 1080. The lowest BCUT2D eigenvalue weighted by molar-refractivity contribution is 0.402. The largest absolute Gasteiger partial charge is 0.340 e. The SMILES string of the molecule is C=C(Nc1cc2cc(C3=CN=CC3)ccc2cn1)c1ccc(CN(C)C)cc1. The molecule has 1 aromatic heterocycles. The minimum absolute atomic E-state index is 0.795. The molecule has 4 heteroatoms. The van der Waals surface area contributed by atoms with Gasteiger partial charge in [-0.05, 0) is 53.9 Å². The van der Waals surface area contributed by atoms with E-state index in [1.165, 1.54) is 16.7 Å². The van der Waals surface area contributed by atoms with Crippen LogP contribution in [0.2, 0.25) is 0 Å². The van der Waals surface area contributed by atoms with E-state index in [0.717, 1.165) is 40.8 Å². The van der Waals surface area contributed by atoms with Crippen molar-refractivity contribution >= 4 is 34.1 Å². The maximum Gasteiger partial charge on any atom is 0.130 e. The number of benzene rings is 2. The maximum atomic E-state index is 4.54. The van der Waals surface area contributed by atoms with Gasteiger partial charge in [0.1, 0.15) is 5.82 Å². The van der Waals surface area contributed by atoms with Crippen LogP contribution in [0.3, 0.4) is 0 Å². The van der Waals surface area contributed by atoms with Crippen molar-refractivity contribution in [3.05, 3.63) is 84.2 Å².